The maximum absolute atomic E-state index is 12.6. The van der Waals surface area contributed by atoms with Crippen LogP contribution in [-0.2, 0) is 4.79 Å². The molecule has 1 amide bonds. The molecular weight excluding hydrogens is 258 g/mol. The van der Waals surface area contributed by atoms with Crippen molar-refractivity contribution in [1.29, 1.82) is 0 Å². The standard InChI is InChI=1S/C19H15NO/c1-20-17-9-5-4-8-16(17)18(19(20)21)15-11-10-13-6-2-3-7-14(13)12-15/h2-12,18H,1H3. The molecule has 21 heavy (non-hydrogen) atoms. The van der Waals surface area contributed by atoms with Crippen molar-refractivity contribution in [3.05, 3.63) is 77.9 Å². The minimum atomic E-state index is -0.184. The van der Waals surface area contributed by atoms with Crippen molar-refractivity contribution in [2.24, 2.45) is 0 Å². The van der Waals surface area contributed by atoms with Crippen LogP contribution < -0.4 is 4.90 Å². The number of hydrogen-bond donors (Lipinski definition) is 0. The zero-order valence-electron chi connectivity index (χ0n) is 11.8. The molecule has 102 valence electrons. The summed E-state index contributed by atoms with van der Waals surface area (Å²) < 4.78 is 0. The molecule has 2 heteroatoms. The Morgan fingerprint density at radius 3 is 2.43 bits per heavy atom. The van der Waals surface area contributed by atoms with Crippen LogP contribution in [0.2, 0.25) is 0 Å². The Labute approximate surface area is 123 Å². The topological polar surface area (TPSA) is 20.3 Å². The van der Waals surface area contributed by atoms with Crippen molar-refractivity contribution in [3.63, 3.8) is 0 Å². The molecule has 2 nitrogen and oxygen atoms in total. The van der Waals surface area contributed by atoms with Gasteiger partial charge in [-0.3, -0.25) is 4.79 Å². The minimum absolute atomic E-state index is 0.145. The molecule has 1 heterocycles. The Morgan fingerprint density at radius 1 is 0.857 bits per heavy atom. The van der Waals surface area contributed by atoms with Gasteiger partial charge in [-0.25, -0.2) is 0 Å². The summed E-state index contributed by atoms with van der Waals surface area (Å²) in [5.74, 6) is -0.0395. The molecule has 0 aliphatic carbocycles. The highest BCUT2D eigenvalue weighted by Gasteiger charge is 2.35. The first-order valence-electron chi connectivity index (χ1n) is 7.11. The molecule has 0 fully saturated rings. The Balaban J connectivity index is 1.90. The number of rotatable bonds is 1. The number of fused-ring (bicyclic) bond motifs is 2. The third kappa shape index (κ3) is 1.76. The number of amides is 1. The molecule has 0 spiro atoms. The van der Waals surface area contributed by atoms with Crippen LogP contribution in [0.15, 0.2) is 66.7 Å². The average molecular weight is 273 g/mol. The first-order valence-corrected chi connectivity index (χ1v) is 7.11. The van der Waals surface area contributed by atoms with Crippen molar-refractivity contribution in [1.82, 2.24) is 0 Å². The van der Waals surface area contributed by atoms with E-state index in [4.69, 9.17) is 0 Å². The maximum atomic E-state index is 12.6. The summed E-state index contributed by atoms with van der Waals surface area (Å²) >= 11 is 0. The monoisotopic (exact) mass is 273 g/mol. The van der Waals surface area contributed by atoms with Gasteiger partial charge in [0.15, 0.2) is 0 Å². The van der Waals surface area contributed by atoms with Gasteiger partial charge < -0.3 is 4.90 Å². The fourth-order valence-corrected chi connectivity index (χ4v) is 3.19. The zero-order chi connectivity index (χ0) is 14.4. The van der Waals surface area contributed by atoms with E-state index in [1.165, 1.54) is 10.8 Å². The average Bonchev–Trinajstić information content (AvgIpc) is 2.79. The first kappa shape index (κ1) is 12.2. The molecule has 0 N–H and O–H groups in total. The van der Waals surface area contributed by atoms with Gasteiger partial charge in [-0.1, -0.05) is 60.7 Å². The third-order valence-electron chi connectivity index (χ3n) is 4.29. The van der Waals surface area contributed by atoms with Crippen LogP contribution in [0.25, 0.3) is 10.8 Å². The SMILES string of the molecule is CN1C(=O)C(c2ccc3ccccc3c2)c2ccccc21. The quantitative estimate of drug-likeness (QED) is 0.657. The molecule has 1 aliphatic rings. The van der Waals surface area contributed by atoms with Crippen LogP contribution in [-0.4, -0.2) is 13.0 Å². The molecule has 1 atom stereocenters. The molecule has 4 rings (SSSR count). The summed E-state index contributed by atoms with van der Waals surface area (Å²) in [6, 6.07) is 22.6. The normalized spacial score (nSPS) is 17.3. The summed E-state index contributed by atoms with van der Waals surface area (Å²) in [7, 11) is 1.85. The van der Waals surface area contributed by atoms with E-state index in [0.717, 1.165) is 16.8 Å². The van der Waals surface area contributed by atoms with Gasteiger partial charge in [0.25, 0.3) is 0 Å². The van der Waals surface area contributed by atoms with E-state index < -0.39 is 0 Å². The van der Waals surface area contributed by atoms with Crippen LogP contribution in [0.3, 0.4) is 0 Å². The van der Waals surface area contributed by atoms with E-state index >= 15 is 0 Å². The molecule has 0 saturated heterocycles. The van der Waals surface area contributed by atoms with Crippen molar-refractivity contribution >= 4 is 22.4 Å². The summed E-state index contributed by atoms with van der Waals surface area (Å²) in [6.45, 7) is 0. The molecule has 1 aliphatic heterocycles. The molecule has 0 bridgehead atoms. The van der Waals surface area contributed by atoms with Crippen LogP contribution >= 0.6 is 0 Å². The number of anilines is 1. The number of nitrogens with zero attached hydrogens (tertiary/aromatic N) is 1. The fraction of sp³-hybridized carbons (Fsp3) is 0.105. The predicted octanol–water partition coefficient (Wildman–Crippen LogP) is 3.95. The van der Waals surface area contributed by atoms with Gasteiger partial charge in [-0.15, -0.1) is 0 Å². The highest BCUT2D eigenvalue weighted by atomic mass is 16.2. The Kier molecular flexibility index (Phi) is 2.58. The van der Waals surface area contributed by atoms with Gasteiger partial charge in [0.2, 0.25) is 5.91 Å². The van der Waals surface area contributed by atoms with Crippen LogP contribution in [0, 0.1) is 0 Å². The zero-order valence-corrected chi connectivity index (χ0v) is 11.8. The Morgan fingerprint density at radius 2 is 1.57 bits per heavy atom. The summed E-state index contributed by atoms with van der Waals surface area (Å²) in [6.07, 6.45) is 0. The van der Waals surface area contributed by atoms with Gasteiger partial charge in [0.1, 0.15) is 0 Å². The smallest absolute Gasteiger partial charge is 0.238 e. The lowest BCUT2D eigenvalue weighted by molar-refractivity contribution is -0.118. The van der Waals surface area contributed by atoms with Crippen LogP contribution in [0.5, 0.6) is 0 Å². The number of carbonyl (C=O) groups is 1. The van der Waals surface area contributed by atoms with Crippen molar-refractivity contribution in [2.75, 3.05) is 11.9 Å². The minimum Gasteiger partial charge on any atom is -0.314 e. The van der Waals surface area contributed by atoms with Crippen molar-refractivity contribution in [3.8, 4) is 0 Å². The lowest BCUT2D eigenvalue weighted by Crippen LogP contribution is -2.24. The van der Waals surface area contributed by atoms with Crippen LogP contribution in [0.4, 0.5) is 5.69 Å². The second kappa shape index (κ2) is 4.45. The van der Waals surface area contributed by atoms with E-state index in [1.807, 2.05) is 37.4 Å². The lowest BCUT2D eigenvalue weighted by atomic mass is 9.91. The van der Waals surface area contributed by atoms with Gasteiger partial charge in [0.05, 0.1) is 5.92 Å². The second-order valence-corrected chi connectivity index (χ2v) is 5.50. The van der Waals surface area contributed by atoms with Crippen molar-refractivity contribution < 1.29 is 4.79 Å². The summed E-state index contributed by atoms with van der Waals surface area (Å²) in [5, 5.41) is 2.38. The van der Waals surface area contributed by atoms with Gasteiger partial charge in [-0.05, 0) is 28.0 Å². The van der Waals surface area contributed by atoms with Gasteiger partial charge in [-0.2, -0.15) is 0 Å². The highest BCUT2D eigenvalue weighted by molar-refractivity contribution is 6.07. The van der Waals surface area contributed by atoms with E-state index in [1.54, 1.807) is 4.90 Å². The van der Waals surface area contributed by atoms with E-state index in [2.05, 4.69) is 36.4 Å². The number of benzene rings is 3. The molecular formula is C19H15NO. The molecule has 1 unspecified atom stereocenters. The van der Waals surface area contributed by atoms with E-state index in [0.29, 0.717) is 0 Å². The van der Waals surface area contributed by atoms with Gasteiger partial charge >= 0.3 is 0 Å². The lowest BCUT2D eigenvalue weighted by Gasteiger charge is -2.12. The highest BCUT2D eigenvalue weighted by Crippen LogP contribution is 2.40. The summed E-state index contributed by atoms with van der Waals surface area (Å²) in [5.41, 5.74) is 3.18. The van der Waals surface area contributed by atoms with Gasteiger partial charge in [0, 0.05) is 12.7 Å². The van der Waals surface area contributed by atoms with Crippen molar-refractivity contribution in [2.45, 2.75) is 5.92 Å². The number of para-hydroxylation sites is 1. The molecule has 0 aromatic heterocycles. The fourth-order valence-electron chi connectivity index (χ4n) is 3.19. The maximum Gasteiger partial charge on any atom is 0.238 e. The molecule has 3 aromatic rings. The number of carbonyl (C=O) groups excluding carboxylic acids is 1. The summed E-state index contributed by atoms with van der Waals surface area (Å²) in [4.78, 5) is 14.4. The Bertz CT molecular complexity index is 853. The predicted molar refractivity (Wildman–Crippen MR) is 85.6 cm³/mol. The Hall–Kier alpha value is -2.61. The molecule has 0 radical (unpaired) electrons. The van der Waals surface area contributed by atoms with E-state index in [9.17, 15) is 4.79 Å². The third-order valence-corrected chi connectivity index (χ3v) is 4.29. The van der Waals surface area contributed by atoms with Crippen LogP contribution in [0.1, 0.15) is 17.0 Å². The molecule has 3 aromatic carbocycles. The number of likely N-dealkylation sites (N-methyl/N-ethyl adjacent to an activating group) is 1. The first-order chi connectivity index (χ1) is 10.3. The number of hydrogen-bond acceptors (Lipinski definition) is 1. The largest absolute Gasteiger partial charge is 0.314 e. The second-order valence-electron chi connectivity index (χ2n) is 5.50. The molecule has 0 saturated carbocycles. The van der Waals surface area contributed by atoms with E-state index in [-0.39, 0.29) is 11.8 Å².